The first kappa shape index (κ1) is 23.6. The topological polar surface area (TPSA) is 108 Å². The third-order valence-electron chi connectivity index (χ3n) is 7.10. The number of aromatic nitrogens is 2. The zero-order valence-corrected chi connectivity index (χ0v) is 20.1. The van der Waals surface area contributed by atoms with Crippen LogP contribution < -0.4 is 5.32 Å². The summed E-state index contributed by atoms with van der Waals surface area (Å²) in [5, 5.41) is 24.6. The van der Waals surface area contributed by atoms with Crippen molar-refractivity contribution in [3.05, 3.63) is 58.2 Å². The predicted octanol–water partition coefficient (Wildman–Crippen LogP) is 2.37. The molecular formula is C26H32FN5O3. The lowest BCUT2D eigenvalue weighted by Gasteiger charge is -2.33. The Labute approximate surface area is 203 Å². The van der Waals surface area contributed by atoms with E-state index in [1.54, 1.807) is 6.07 Å². The maximum absolute atomic E-state index is 14.0. The number of hydrogen-bond acceptors (Lipinski definition) is 5. The molecule has 1 aliphatic heterocycles. The Morgan fingerprint density at radius 1 is 1.23 bits per heavy atom. The third-order valence-corrected chi connectivity index (χ3v) is 7.10. The van der Waals surface area contributed by atoms with Gasteiger partial charge in [-0.25, -0.2) is 4.39 Å². The largest absolute Gasteiger partial charge is 0.494 e. The van der Waals surface area contributed by atoms with E-state index in [2.05, 4.69) is 32.1 Å². The highest BCUT2D eigenvalue weighted by molar-refractivity contribution is 6.03. The number of carbonyl (C=O) groups is 1. The van der Waals surface area contributed by atoms with Crippen molar-refractivity contribution in [2.45, 2.75) is 25.9 Å². The molecule has 2 aromatic heterocycles. The van der Waals surface area contributed by atoms with Crippen LogP contribution in [0.15, 0.2) is 24.3 Å². The Hall–Kier alpha value is -3.14. The summed E-state index contributed by atoms with van der Waals surface area (Å²) >= 11 is 0. The zero-order chi connectivity index (χ0) is 24.7. The number of hydrogen-bond donors (Lipinski definition) is 5. The molecule has 2 aliphatic rings. The van der Waals surface area contributed by atoms with Crippen molar-refractivity contribution in [1.29, 1.82) is 0 Å². The summed E-state index contributed by atoms with van der Waals surface area (Å²) in [6, 6.07) is 4.35. The van der Waals surface area contributed by atoms with Crippen LogP contribution >= 0.6 is 0 Å². The lowest BCUT2D eigenvalue weighted by atomic mass is 9.89. The monoisotopic (exact) mass is 481 g/mol. The Bertz CT molecular complexity index is 1290. The number of piperazine rings is 1. The minimum Gasteiger partial charge on any atom is -0.494 e. The van der Waals surface area contributed by atoms with Crippen molar-refractivity contribution < 1.29 is 19.4 Å². The summed E-state index contributed by atoms with van der Waals surface area (Å²) in [6.45, 7) is 6.32. The number of carbonyl (C=O) groups excluding carboxylic acids is 1. The second kappa shape index (κ2) is 9.49. The third kappa shape index (κ3) is 4.59. The highest BCUT2D eigenvalue weighted by Crippen LogP contribution is 2.41. The fraction of sp³-hybridized carbons (Fsp3) is 0.423. The molecule has 0 spiro atoms. The van der Waals surface area contributed by atoms with Gasteiger partial charge in [-0.15, -0.1) is 0 Å². The van der Waals surface area contributed by atoms with Crippen molar-refractivity contribution in [3.63, 3.8) is 0 Å². The van der Waals surface area contributed by atoms with Gasteiger partial charge in [-0.3, -0.25) is 9.69 Å². The zero-order valence-electron chi connectivity index (χ0n) is 20.1. The average molecular weight is 482 g/mol. The number of aliphatic hydroxyl groups is 1. The van der Waals surface area contributed by atoms with E-state index in [0.29, 0.717) is 41.4 Å². The van der Waals surface area contributed by atoms with E-state index in [1.165, 1.54) is 12.1 Å². The van der Waals surface area contributed by atoms with Crippen LogP contribution in [-0.4, -0.2) is 88.3 Å². The number of rotatable bonds is 6. The van der Waals surface area contributed by atoms with Crippen LogP contribution in [0.2, 0.25) is 0 Å². The summed E-state index contributed by atoms with van der Waals surface area (Å²) in [5.74, 6) is -0.643. The number of aryl methyl sites for hydroxylation is 1. The minimum atomic E-state index is -0.647. The number of likely N-dealkylation sites (N-methyl/N-ethyl adjacent to an activating group) is 1. The fourth-order valence-corrected chi connectivity index (χ4v) is 5.27. The molecule has 1 fully saturated rings. The Balaban J connectivity index is 1.34. The molecular weight excluding hydrogens is 449 g/mol. The number of benzene rings is 1. The number of amides is 1. The minimum absolute atomic E-state index is 0.0324. The van der Waals surface area contributed by atoms with Gasteiger partial charge in [-0.05, 0) is 50.6 Å². The Morgan fingerprint density at radius 3 is 2.77 bits per heavy atom. The molecule has 8 nitrogen and oxygen atoms in total. The first-order chi connectivity index (χ1) is 16.8. The van der Waals surface area contributed by atoms with Crippen LogP contribution in [0.25, 0.3) is 16.5 Å². The average Bonchev–Trinajstić information content (AvgIpc) is 3.34. The molecule has 35 heavy (non-hydrogen) atoms. The van der Waals surface area contributed by atoms with E-state index < -0.39 is 6.10 Å². The number of nitrogens with zero attached hydrogens (tertiary/aromatic N) is 2. The van der Waals surface area contributed by atoms with Gasteiger partial charge in [0.1, 0.15) is 5.82 Å². The van der Waals surface area contributed by atoms with Gasteiger partial charge in [0.25, 0.3) is 5.91 Å². The van der Waals surface area contributed by atoms with Crippen molar-refractivity contribution >= 4 is 22.4 Å². The van der Waals surface area contributed by atoms with E-state index in [9.17, 15) is 19.4 Å². The van der Waals surface area contributed by atoms with Crippen molar-refractivity contribution in [1.82, 2.24) is 25.1 Å². The molecule has 186 valence electrons. The molecule has 1 aliphatic carbocycles. The van der Waals surface area contributed by atoms with Gasteiger partial charge in [-0.2, -0.15) is 0 Å². The summed E-state index contributed by atoms with van der Waals surface area (Å²) in [4.78, 5) is 23.9. The van der Waals surface area contributed by atoms with Gasteiger partial charge in [0.2, 0.25) is 0 Å². The fourth-order valence-electron chi connectivity index (χ4n) is 5.27. The number of H-pyrrole nitrogens is 2. The van der Waals surface area contributed by atoms with E-state index >= 15 is 0 Å². The molecule has 3 aromatic rings. The van der Waals surface area contributed by atoms with Crippen LogP contribution in [-0.2, 0) is 6.42 Å². The van der Waals surface area contributed by atoms with Crippen molar-refractivity contribution in [2.75, 3.05) is 46.3 Å². The van der Waals surface area contributed by atoms with E-state index in [4.69, 9.17) is 0 Å². The molecule has 0 radical (unpaired) electrons. The van der Waals surface area contributed by atoms with Gasteiger partial charge in [0, 0.05) is 61.4 Å². The lowest BCUT2D eigenvalue weighted by molar-refractivity contribution is 0.0737. The lowest BCUT2D eigenvalue weighted by Crippen LogP contribution is -2.48. The summed E-state index contributed by atoms with van der Waals surface area (Å²) in [7, 11) is 2.09. The van der Waals surface area contributed by atoms with Crippen LogP contribution in [0.3, 0.4) is 0 Å². The van der Waals surface area contributed by atoms with Gasteiger partial charge in [0.15, 0.2) is 5.88 Å². The summed E-state index contributed by atoms with van der Waals surface area (Å²) < 4.78 is 14.0. The number of β-amino-alcohol motifs (C(OH)–C–C–N with tert-alkyl or cyclic N) is 1. The molecule has 1 unspecified atom stereocenters. The van der Waals surface area contributed by atoms with Crippen LogP contribution in [0.5, 0.6) is 5.88 Å². The second-order valence-electron chi connectivity index (χ2n) is 9.64. The molecule has 9 heteroatoms. The van der Waals surface area contributed by atoms with E-state index in [1.807, 2.05) is 13.0 Å². The molecule has 0 bridgehead atoms. The molecule has 0 saturated carbocycles. The maximum Gasteiger partial charge on any atom is 0.253 e. The molecule has 1 saturated heterocycles. The van der Waals surface area contributed by atoms with Gasteiger partial charge >= 0.3 is 0 Å². The Morgan fingerprint density at radius 2 is 2.00 bits per heavy atom. The number of nitrogens with one attached hydrogen (secondary N) is 3. The molecule has 3 heterocycles. The number of aromatic hydroxyl groups is 1. The normalized spacial score (nSPS) is 17.9. The number of aromatic amines is 2. The van der Waals surface area contributed by atoms with Gasteiger partial charge in [0.05, 0.1) is 22.9 Å². The van der Waals surface area contributed by atoms with E-state index in [0.717, 1.165) is 48.7 Å². The molecule has 5 rings (SSSR count). The van der Waals surface area contributed by atoms with Crippen LogP contribution in [0.1, 0.15) is 39.3 Å². The summed E-state index contributed by atoms with van der Waals surface area (Å²) in [6.07, 6.45) is 2.72. The molecule has 1 aromatic carbocycles. The highest BCUT2D eigenvalue weighted by Gasteiger charge is 2.28. The smallest absolute Gasteiger partial charge is 0.253 e. The standard InChI is InChI=1S/C26H32FN5O3/c1-15-22(25(34)28-13-17(33)14-32-10-8-31(2)9-11-32)18-4-3-5-19(24(18)29-15)23-20-12-16(27)6-7-21(20)30-26(23)35/h5-7,12,17,29-30,33,35H,3-4,8-11,13-14H2,1-2H3,(H,28,34). The van der Waals surface area contributed by atoms with Gasteiger partial charge < -0.3 is 30.4 Å². The quantitative estimate of drug-likeness (QED) is 0.372. The van der Waals surface area contributed by atoms with Crippen molar-refractivity contribution in [2.24, 2.45) is 0 Å². The number of fused-ring (bicyclic) bond motifs is 2. The van der Waals surface area contributed by atoms with Crippen LogP contribution in [0.4, 0.5) is 4.39 Å². The summed E-state index contributed by atoms with van der Waals surface area (Å²) in [5.41, 5.74) is 4.84. The Kier molecular flexibility index (Phi) is 6.39. The SMILES string of the molecule is Cc1[nH]c2c(c1C(=O)NCC(O)CN1CCN(C)CC1)CCC=C2c1c(O)[nH]c2ccc(F)cc12. The number of halogens is 1. The van der Waals surface area contributed by atoms with E-state index in [-0.39, 0.29) is 24.1 Å². The number of allylic oxidation sites excluding steroid dienone is 1. The molecule has 1 atom stereocenters. The molecule has 5 N–H and O–H groups in total. The first-order valence-corrected chi connectivity index (χ1v) is 12.1. The number of aliphatic hydroxyl groups excluding tert-OH is 1. The van der Waals surface area contributed by atoms with Gasteiger partial charge in [-0.1, -0.05) is 6.08 Å². The van der Waals surface area contributed by atoms with Crippen molar-refractivity contribution in [3.8, 4) is 5.88 Å². The predicted molar refractivity (Wildman–Crippen MR) is 133 cm³/mol. The molecule has 1 amide bonds. The first-order valence-electron chi connectivity index (χ1n) is 12.1. The second-order valence-corrected chi connectivity index (χ2v) is 9.64. The van der Waals surface area contributed by atoms with Crippen LogP contribution in [0, 0.1) is 12.7 Å². The highest BCUT2D eigenvalue weighted by atomic mass is 19.1. The maximum atomic E-state index is 14.0.